The molecule has 17 heavy (non-hydrogen) atoms. The summed E-state index contributed by atoms with van der Waals surface area (Å²) in [7, 11) is 4.01. The van der Waals surface area contributed by atoms with Gasteiger partial charge in [-0.05, 0) is 36.1 Å². The molecule has 0 radical (unpaired) electrons. The SMILES string of the molecule is CN(C)c1ccc(C(O)C2=COCCC2)cc1. The van der Waals surface area contributed by atoms with E-state index in [4.69, 9.17) is 4.74 Å². The Morgan fingerprint density at radius 1 is 1.24 bits per heavy atom. The molecule has 2 rings (SSSR count). The minimum atomic E-state index is -0.536. The van der Waals surface area contributed by atoms with Crippen LogP contribution in [0.25, 0.3) is 0 Å². The van der Waals surface area contributed by atoms with Crippen LogP contribution in [-0.4, -0.2) is 25.8 Å². The molecule has 3 heteroatoms. The van der Waals surface area contributed by atoms with E-state index in [2.05, 4.69) is 0 Å². The summed E-state index contributed by atoms with van der Waals surface area (Å²) in [6, 6.07) is 7.97. The van der Waals surface area contributed by atoms with Gasteiger partial charge in [-0.2, -0.15) is 0 Å². The standard InChI is InChI=1S/C14H19NO2/c1-15(2)13-7-5-11(6-8-13)14(16)12-4-3-9-17-10-12/h5-8,10,14,16H,3-4,9H2,1-2H3. The molecular weight excluding hydrogens is 214 g/mol. The van der Waals surface area contributed by atoms with Gasteiger partial charge in [-0.3, -0.25) is 0 Å². The maximum absolute atomic E-state index is 10.2. The Labute approximate surface area is 102 Å². The van der Waals surface area contributed by atoms with Gasteiger partial charge in [0.25, 0.3) is 0 Å². The number of anilines is 1. The van der Waals surface area contributed by atoms with Crippen LogP contribution in [0.3, 0.4) is 0 Å². The number of hydrogen-bond acceptors (Lipinski definition) is 3. The second kappa shape index (κ2) is 5.23. The number of hydrogen-bond donors (Lipinski definition) is 1. The second-order valence-corrected chi connectivity index (χ2v) is 4.56. The molecule has 92 valence electrons. The lowest BCUT2D eigenvalue weighted by molar-refractivity contribution is 0.170. The van der Waals surface area contributed by atoms with Gasteiger partial charge in [0.1, 0.15) is 6.10 Å². The van der Waals surface area contributed by atoms with Gasteiger partial charge in [-0.1, -0.05) is 12.1 Å². The Morgan fingerprint density at radius 2 is 1.94 bits per heavy atom. The van der Waals surface area contributed by atoms with Crippen LogP contribution in [0.2, 0.25) is 0 Å². The average Bonchev–Trinajstić information content (AvgIpc) is 2.39. The zero-order valence-electron chi connectivity index (χ0n) is 10.4. The number of rotatable bonds is 3. The first kappa shape index (κ1) is 12.0. The Morgan fingerprint density at radius 3 is 2.47 bits per heavy atom. The van der Waals surface area contributed by atoms with Crippen LogP contribution >= 0.6 is 0 Å². The van der Waals surface area contributed by atoms with Gasteiger partial charge in [0.15, 0.2) is 0 Å². The molecule has 0 aromatic heterocycles. The lowest BCUT2D eigenvalue weighted by Crippen LogP contribution is -2.10. The molecule has 1 aromatic rings. The molecule has 1 aliphatic heterocycles. The zero-order valence-corrected chi connectivity index (χ0v) is 10.4. The molecule has 0 saturated carbocycles. The first-order valence-corrected chi connectivity index (χ1v) is 5.94. The van der Waals surface area contributed by atoms with Crippen molar-refractivity contribution in [3.63, 3.8) is 0 Å². The molecule has 1 N–H and O–H groups in total. The van der Waals surface area contributed by atoms with E-state index in [1.807, 2.05) is 43.3 Å². The van der Waals surface area contributed by atoms with E-state index in [0.717, 1.165) is 36.3 Å². The van der Waals surface area contributed by atoms with Crippen LogP contribution < -0.4 is 4.90 Å². The molecule has 0 aliphatic carbocycles. The molecule has 0 saturated heterocycles. The second-order valence-electron chi connectivity index (χ2n) is 4.56. The Bertz CT molecular complexity index is 395. The molecule has 1 unspecified atom stereocenters. The van der Waals surface area contributed by atoms with Gasteiger partial charge in [0.2, 0.25) is 0 Å². The van der Waals surface area contributed by atoms with E-state index < -0.39 is 6.10 Å². The molecule has 0 spiro atoms. The lowest BCUT2D eigenvalue weighted by atomic mass is 9.98. The average molecular weight is 233 g/mol. The van der Waals surface area contributed by atoms with E-state index in [1.165, 1.54) is 0 Å². The molecular formula is C14H19NO2. The fraction of sp³-hybridized carbons (Fsp3) is 0.429. The van der Waals surface area contributed by atoms with Gasteiger partial charge < -0.3 is 14.7 Å². The van der Waals surface area contributed by atoms with Gasteiger partial charge in [-0.15, -0.1) is 0 Å². The summed E-state index contributed by atoms with van der Waals surface area (Å²) in [4.78, 5) is 2.04. The van der Waals surface area contributed by atoms with Crippen LogP contribution in [-0.2, 0) is 4.74 Å². The minimum absolute atomic E-state index is 0.536. The number of aliphatic hydroxyl groups is 1. The summed E-state index contributed by atoms with van der Waals surface area (Å²) >= 11 is 0. The molecule has 1 aliphatic rings. The number of ether oxygens (including phenoxy) is 1. The Balaban J connectivity index is 2.13. The summed E-state index contributed by atoms with van der Waals surface area (Å²) in [5.41, 5.74) is 3.02. The van der Waals surface area contributed by atoms with Crippen molar-refractivity contribution >= 4 is 5.69 Å². The first-order valence-electron chi connectivity index (χ1n) is 5.94. The fourth-order valence-electron chi connectivity index (χ4n) is 1.95. The van der Waals surface area contributed by atoms with Crippen molar-refractivity contribution in [2.24, 2.45) is 0 Å². The Hall–Kier alpha value is -1.48. The van der Waals surface area contributed by atoms with Crippen molar-refractivity contribution in [2.75, 3.05) is 25.6 Å². The van der Waals surface area contributed by atoms with E-state index in [0.29, 0.717) is 0 Å². The Kier molecular flexibility index (Phi) is 3.69. The highest BCUT2D eigenvalue weighted by Crippen LogP contribution is 2.28. The van der Waals surface area contributed by atoms with Crippen LogP contribution in [0, 0.1) is 0 Å². The van der Waals surface area contributed by atoms with E-state index in [1.54, 1.807) is 6.26 Å². The van der Waals surface area contributed by atoms with Crippen molar-refractivity contribution in [3.05, 3.63) is 41.7 Å². The van der Waals surface area contributed by atoms with Gasteiger partial charge in [0, 0.05) is 19.8 Å². The predicted molar refractivity (Wildman–Crippen MR) is 69.0 cm³/mol. The molecule has 0 bridgehead atoms. The summed E-state index contributed by atoms with van der Waals surface area (Å²) in [5.74, 6) is 0. The molecule has 1 aromatic carbocycles. The van der Waals surface area contributed by atoms with Crippen molar-refractivity contribution < 1.29 is 9.84 Å². The van der Waals surface area contributed by atoms with E-state index in [9.17, 15) is 5.11 Å². The summed E-state index contributed by atoms with van der Waals surface area (Å²) in [5, 5.41) is 10.2. The normalized spacial score (nSPS) is 17.0. The summed E-state index contributed by atoms with van der Waals surface area (Å²) in [6.45, 7) is 0.760. The zero-order chi connectivity index (χ0) is 12.3. The molecule has 0 amide bonds. The van der Waals surface area contributed by atoms with Crippen molar-refractivity contribution in [1.29, 1.82) is 0 Å². The third kappa shape index (κ3) is 2.80. The molecule has 1 atom stereocenters. The minimum Gasteiger partial charge on any atom is -0.501 e. The van der Waals surface area contributed by atoms with Crippen LogP contribution in [0.15, 0.2) is 36.1 Å². The van der Waals surface area contributed by atoms with E-state index in [-0.39, 0.29) is 0 Å². The van der Waals surface area contributed by atoms with Crippen molar-refractivity contribution in [3.8, 4) is 0 Å². The smallest absolute Gasteiger partial charge is 0.103 e. The first-order chi connectivity index (χ1) is 8.18. The molecule has 0 fully saturated rings. The van der Waals surface area contributed by atoms with Gasteiger partial charge in [0.05, 0.1) is 12.9 Å². The summed E-state index contributed by atoms with van der Waals surface area (Å²) in [6.07, 6.45) is 3.06. The highest BCUT2D eigenvalue weighted by atomic mass is 16.5. The fourth-order valence-corrected chi connectivity index (χ4v) is 1.95. The van der Waals surface area contributed by atoms with Crippen molar-refractivity contribution in [1.82, 2.24) is 0 Å². The highest BCUT2D eigenvalue weighted by Gasteiger charge is 2.16. The van der Waals surface area contributed by atoms with Crippen LogP contribution in [0.5, 0.6) is 0 Å². The monoisotopic (exact) mass is 233 g/mol. The maximum atomic E-state index is 10.2. The quantitative estimate of drug-likeness (QED) is 0.870. The maximum Gasteiger partial charge on any atom is 0.103 e. The predicted octanol–water partition coefficient (Wildman–Crippen LogP) is 2.48. The van der Waals surface area contributed by atoms with E-state index >= 15 is 0 Å². The summed E-state index contributed by atoms with van der Waals surface area (Å²) < 4.78 is 5.26. The largest absolute Gasteiger partial charge is 0.501 e. The van der Waals surface area contributed by atoms with Crippen molar-refractivity contribution in [2.45, 2.75) is 18.9 Å². The molecule has 1 heterocycles. The van der Waals surface area contributed by atoms with Gasteiger partial charge in [-0.25, -0.2) is 0 Å². The highest BCUT2D eigenvalue weighted by molar-refractivity contribution is 5.47. The number of benzene rings is 1. The third-order valence-corrected chi connectivity index (χ3v) is 3.04. The lowest BCUT2D eigenvalue weighted by Gasteiger charge is -2.20. The topological polar surface area (TPSA) is 32.7 Å². The third-order valence-electron chi connectivity index (χ3n) is 3.04. The molecule has 3 nitrogen and oxygen atoms in total. The van der Waals surface area contributed by atoms with Crippen LogP contribution in [0.4, 0.5) is 5.69 Å². The van der Waals surface area contributed by atoms with Crippen LogP contribution in [0.1, 0.15) is 24.5 Å². The number of aliphatic hydroxyl groups excluding tert-OH is 1. The van der Waals surface area contributed by atoms with Gasteiger partial charge >= 0.3 is 0 Å². The number of nitrogens with zero attached hydrogens (tertiary/aromatic N) is 1.